The number of carbonyl (C=O) groups is 1. The molecule has 1 saturated heterocycles. The SMILES string of the molecule is CCCc1c(-c2ccccc2)c(C(N)=O)c(C)n1CCCN1CCOCC1. The minimum atomic E-state index is -0.337. The van der Waals surface area contributed by atoms with Crippen LogP contribution in [0.5, 0.6) is 0 Å². The molecule has 0 spiro atoms. The first-order valence-electron chi connectivity index (χ1n) is 10.0. The Kier molecular flexibility index (Phi) is 6.69. The van der Waals surface area contributed by atoms with Crippen molar-refractivity contribution in [3.05, 3.63) is 47.3 Å². The molecule has 5 heteroatoms. The predicted molar refractivity (Wildman–Crippen MR) is 109 cm³/mol. The summed E-state index contributed by atoms with van der Waals surface area (Å²) in [5.41, 5.74) is 10.8. The van der Waals surface area contributed by atoms with Gasteiger partial charge in [-0.15, -0.1) is 0 Å². The van der Waals surface area contributed by atoms with Gasteiger partial charge in [0, 0.05) is 43.1 Å². The molecule has 1 aromatic heterocycles. The zero-order valence-corrected chi connectivity index (χ0v) is 16.5. The summed E-state index contributed by atoms with van der Waals surface area (Å²) in [5, 5.41) is 0. The molecule has 2 aromatic rings. The third-order valence-corrected chi connectivity index (χ3v) is 5.39. The number of carbonyl (C=O) groups excluding carboxylic acids is 1. The zero-order chi connectivity index (χ0) is 19.2. The van der Waals surface area contributed by atoms with E-state index in [1.165, 1.54) is 5.69 Å². The molecule has 27 heavy (non-hydrogen) atoms. The summed E-state index contributed by atoms with van der Waals surface area (Å²) >= 11 is 0. The quantitative estimate of drug-likeness (QED) is 0.777. The summed E-state index contributed by atoms with van der Waals surface area (Å²) in [5.74, 6) is -0.337. The van der Waals surface area contributed by atoms with Crippen LogP contribution in [0.1, 0.15) is 41.5 Å². The van der Waals surface area contributed by atoms with Gasteiger partial charge in [0.05, 0.1) is 18.8 Å². The van der Waals surface area contributed by atoms with Gasteiger partial charge in [0.1, 0.15) is 0 Å². The van der Waals surface area contributed by atoms with Crippen molar-refractivity contribution in [3.8, 4) is 11.1 Å². The molecule has 1 aliphatic rings. The number of aromatic nitrogens is 1. The maximum Gasteiger partial charge on any atom is 0.251 e. The molecule has 2 N–H and O–H groups in total. The zero-order valence-electron chi connectivity index (χ0n) is 16.5. The van der Waals surface area contributed by atoms with Gasteiger partial charge in [0.2, 0.25) is 0 Å². The maximum atomic E-state index is 12.3. The van der Waals surface area contributed by atoms with Gasteiger partial charge in [-0.25, -0.2) is 0 Å². The molecular weight excluding hydrogens is 338 g/mol. The monoisotopic (exact) mass is 369 g/mol. The average Bonchev–Trinajstić information content (AvgIpc) is 2.96. The first kappa shape index (κ1) is 19.6. The van der Waals surface area contributed by atoms with E-state index in [-0.39, 0.29) is 5.91 Å². The summed E-state index contributed by atoms with van der Waals surface area (Å²) in [7, 11) is 0. The van der Waals surface area contributed by atoms with E-state index in [9.17, 15) is 4.79 Å². The van der Waals surface area contributed by atoms with E-state index in [1.807, 2.05) is 25.1 Å². The number of hydrogen-bond acceptors (Lipinski definition) is 3. The smallest absolute Gasteiger partial charge is 0.251 e. The Morgan fingerprint density at radius 2 is 1.85 bits per heavy atom. The van der Waals surface area contributed by atoms with E-state index >= 15 is 0 Å². The fraction of sp³-hybridized carbons (Fsp3) is 0.500. The minimum absolute atomic E-state index is 0.337. The molecule has 0 saturated carbocycles. The van der Waals surface area contributed by atoms with Crippen LogP contribution in [0.15, 0.2) is 30.3 Å². The molecule has 1 amide bonds. The van der Waals surface area contributed by atoms with Gasteiger partial charge in [-0.3, -0.25) is 9.69 Å². The van der Waals surface area contributed by atoms with Crippen molar-refractivity contribution in [2.45, 2.75) is 39.7 Å². The summed E-state index contributed by atoms with van der Waals surface area (Å²) < 4.78 is 7.76. The molecule has 5 nitrogen and oxygen atoms in total. The summed E-state index contributed by atoms with van der Waals surface area (Å²) in [6.45, 7) is 9.84. The molecule has 0 aliphatic carbocycles. The van der Waals surface area contributed by atoms with Gasteiger partial charge in [-0.1, -0.05) is 43.7 Å². The van der Waals surface area contributed by atoms with Gasteiger partial charge in [0.15, 0.2) is 0 Å². The van der Waals surface area contributed by atoms with Crippen molar-refractivity contribution >= 4 is 5.91 Å². The number of ether oxygens (including phenoxy) is 1. The lowest BCUT2D eigenvalue weighted by Gasteiger charge is -2.26. The van der Waals surface area contributed by atoms with Crippen LogP contribution in [0, 0.1) is 6.92 Å². The third-order valence-electron chi connectivity index (χ3n) is 5.39. The molecule has 146 valence electrons. The highest BCUT2D eigenvalue weighted by atomic mass is 16.5. The normalized spacial score (nSPS) is 15.2. The topological polar surface area (TPSA) is 60.5 Å². The van der Waals surface area contributed by atoms with Crippen LogP contribution in [0.4, 0.5) is 0 Å². The van der Waals surface area contributed by atoms with Crippen molar-refractivity contribution in [2.75, 3.05) is 32.8 Å². The second-order valence-electron chi connectivity index (χ2n) is 7.22. The number of nitrogens with two attached hydrogens (primary N) is 1. The number of amides is 1. The van der Waals surface area contributed by atoms with Crippen LogP contribution < -0.4 is 5.73 Å². The minimum Gasteiger partial charge on any atom is -0.379 e. The van der Waals surface area contributed by atoms with Gasteiger partial charge in [-0.05, 0) is 25.3 Å². The lowest BCUT2D eigenvalue weighted by molar-refractivity contribution is 0.0369. The van der Waals surface area contributed by atoms with E-state index in [1.54, 1.807) is 0 Å². The fourth-order valence-corrected chi connectivity index (χ4v) is 4.09. The first-order valence-corrected chi connectivity index (χ1v) is 10.0. The largest absolute Gasteiger partial charge is 0.379 e. The summed E-state index contributed by atoms with van der Waals surface area (Å²) in [4.78, 5) is 14.7. The van der Waals surface area contributed by atoms with Crippen LogP contribution in [0.25, 0.3) is 11.1 Å². The second kappa shape index (κ2) is 9.20. The number of rotatable bonds is 8. The molecule has 0 radical (unpaired) electrons. The first-order chi connectivity index (χ1) is 13.1. The van der Waals surface area contributed by atoms with Crippen LogP contribution in [0.2, 0.25) is 0 Å². The summed E-state index contributed by atoms with van der Waals surface area (Å²) in [6.07, 6.45) is 3.03. The Morgan fingerprint density at radius 3 is 2.48 bits per heavy atom. The van der Waals surface area contributed by atoms with E-state index < -0.39 is 0 Å². The highest BCUT2D eigenvalue weighted by Gasteiger charge is 2.24. The second-order valence-corrected chi connectivity index (χ2v) is 7.22. The fourth-order valence-electron chi connectivity index (χ4n) is 4.09. The van der Waals surface area contributed by atoms with Gasteiger partial charge < -0.3 is 15.0 Å². The molecule has 1 aromatic carbocycles. The van der Waals surface area contributed by atoms with Crippen molar-refractivity contribution in [2.24, 2.45) is 5.73 Å². The Hall–Kier alpha value is -2.11. The molecular formula is C22H31N3O2. The van der Waals surface area contributed by atoms with Gasteiger partial charge >= 0.3 is 0 Å². The van der Waals surface area contributed by atoms with Crippen LogP contribution in [-0.2, 0) is 17.7 Å². The lowest BCUT2D eigenvalue weighted by atomic mass is 9.98. The molecule has 1 fully saturated rings. The van der Waals surface area contributed by atoms with Crippen LogP contribution >= 0.6 is 0 Å². The number of benzene rings is 1. The van der Waals surface area contributed by atoms with Crippen molar-refractivity contribution in [3.63, 3.8) is 0 Å². The molecule has 1 aliphatic heterocycles. The highest BCUT2D eigenvalue weighted by molar-refractivity contribution is 6.02. The van der Waals surface area contributed by atoms with E-state index in [0.29, 0.717) is 5.56 Å². The Morgan fingerprint density at radius 1 is 1.15 bits per heavy atom. The molecule has 2 heterocycles. The average molecular weight is 370 g/mol. The van der Waals surface area contributed by atoms with E-state index in [0.717, 1.165) is 75.5 Å². The van der Waals surface area contributed by atoms with Crippen molar-refractivity contribution < 1.29 is 9.53 Å². The third kappa shape index (κ3) is 4.42. The summed E-state index contributed by atoms with van der Waals surface area (Å²) in [6, 6.07) is 10.2. The number of hydrogen-bond donors (Lipinski definition) is 1. The molecule has 0 bridgehead atoms. The highest BCUT2D eigenvalue weighted by Crippen LogP contribution is 2.33. The molecule has 0 atom stereocenters. The van der Waals surface area contributed by atoms with Crippen molar-refractivity contribution in [1.29, 1.82) is 0 Å². The standard InChI is InChI=1S/C22H31N3O2/c1-3-8-19-21(18-9-5-4-6-10-18)20(22(23)26)17(2)25(19)12-7-11-24-13-15-27-16-14-24/h4-6,9-10H,3,7-8,11-16H2,1-2H3,(H2,23,26). The van der Waals surface area contributed by atoms with Crippen LogP contribution in [0.3, 0.4) is 0 Å². The Balaban J connectivity index is 1.91. The van der Waals surface area contributed by atoms with E-state index in [2.05, 4.69) is 28.5 Å². The molecule has 3 rings (SSSR count). The van der Waals surface area contributed by atoms with E-state index in [4.69, 9.17) is 10.5 Å². The van der Waals surface area contributed by atoms with Crippen LogP contribution in [-0.4, -0.2) is 48.2 Å². The molecule has 0 unspecified atom stereocenters. The number of primary amides is 1. The number of morpholine rings is 1. The van der Waals surface area contributed by atoms with Crippen molar-refractivity contribution in [1.82, 2.24) is 9.47 Å². The predicted octanol–water partition coefficient (Wildman–Crippen LogP) is 3.24. The van der Waals surface area contributed by atoms with Gasteiger partial charge in [0.25, 0.3) is 5.91 Å². The van der Waals surface area contributed by atoms with Gasteiger partial charge in [-0.2, -0.15) is 0 Å². The Bertz CT molecular complexity index is 762. The lowest BCUT2D eigenvalue weighted by Crippen LogP contribution is -2.37. The Labute approximate surface area is 162 Å². The number of nitrogens with zero attached hydrogens (tertiary/aromatic N) is 2. The maximum absolute atomic E-state index is 12.3.